The molecule has 2 atom stereocenters. The Kier molecular flexibility index (Phi) is 3.17. The molecule has 2 aromatic rings. The molecule has 3 heterocycles. The van der Waals surface area contributed by atoms with Crippen LogP contribution in [0, 0.1) is 5.92 Å². The maximum atomic E-state index is 11.9. The van der Waals surface area contributed by atoms with E-state index in [2.05, 4.69) is 22.9 Å². The zero-order valence-electron chi connectivity index (χ0n) is 13.6. The lowest BCUT2D eigenvalue weighted by Crippen LogP contribution is -2.58. The smallest absolute Gasteiger partial charge is 0.308 e. The first-order chi connectivity index (χ1) is 11.1. The lowest BCUT2D eigenvalue weighted by atomic mass is 9.72. The van der Waals surface area contributed by atoms with Gasteiger partial charge in [0.2, 0.25) is 0 Å². The van der Waals surface area contributed by atoms with E-state index in [1.54, 1.807) is 7.11 Å². The van der Waals surface area contributed by atoms with Gasteiger partial charge in [-0.05, 0) is 56.5 Å². The number of piperidine rings is 1. The molecule has 0 saturated carbocycles. The fourth-order valence-electron chi connectivity index (χ4n) is 4.55. The molecule has 5 nitrogen and oxygen atoms in total. The number of aliphatic carboxylic acids is 1. The van der Waals surface area contributed by atoms with Crippen molar-refractivity contribution in [2.75, 3.05) is 20.2 Å². The summed E-state index contributed by atoms with van der Waals surface area (Å²) in [5.41, 5.74) is 2.95. The average molecular weight is 314 g/mol. The Hall–Kier alpha value is -2.01. The standard InChI is InChI=1S/C18H22N2O3/c1-18-14(17(21)22)4-3-8-20(18)9-7-12-13-10-11(23-2)5-6-15(13)19-16(12)18/h5-6,10,14,19H,3-4,7-9H2,1-2H3,(H,21,22)/t14-,18-/m0/s1. The van der Waals surface area contributed by atoms with Crippen molar-refractivity contribution in [2.45, 2.75) is 31.7 Å². The SMILES string of the molecule is COc1ccc2[nH]c3c(c2c1)CCN1CCC[C@@H](C(=O)O)[C@@]31C. The molecular formula is C18H22N2O3. The fraction of sp³-hybridized carbons (Fsp3) is 0.500. The molecule has 1 aromatic heterocycles. The molecule has 1 aromatic carbocycles. The van der Waals surface area contributed by atoms with Gasteiger partial charge in [-0.15, -0.1) is 0 Å². The number of nitrogens with zero attached hydrogens (tertiary/aromatic N) is 1. The number of hydrogen-bond donors (Lipinski definition) is 2. The number of rotatable bonds is 2. The highest BCUT2D eigenvalue weighted by Gasteiger charge is 2.51. The minimum absolute atomic E-state index is 0.370. The van der Waals surface area contributed by atoms with Gasteiger partial charge >= 0.3 is 5.97 Å². The van der Waals surface area contributed by atoms with Crippen molar-refractivity contribution in [3.8, 4) is 5.75 Å². The third kappa shape index (κ3) is 1.92. The highest BCUT2D eigenvalue weighted by atomic mass is 16.5. The highest BCUT2D eigenvalue weighted by molar-refractivity contribution is 5.87. The van der Waals surface area contributed by atoms with Gasteiger partial charge in [0.1, 0.15) is 5.75 Å². The molecule has 0 radical (unpaired) electrons. The lowest BCUT2D eigenvalue weighted by molar-refractivity contribution is -0.152. The maximum absolute atomic E-state index is 11.9. The normalized spacial score (nSPS) is 27.5. The zero-order chi connectivity index (χ0) is 16.2. The topological polar surface area (TPSA) is 65.6 Å². The Morgan fingerprint density at radius 1 is 1.43 bits per heavy atom. The van der Waals surface area contributed by atoms with Gasteiger partial charge in [-0.2, -0.15) is 0 Å². The lowest BCUT2D eigenvalue weighted by Gasteiger charge is -2.51. The Morgan fingerprint density at radius 3 is 3.00 bits per heavy atom. The molecule has 4 rings (SSSR count). The molecule has 0 unspecified atom stereocenters. The van der Waals surface area contributed by atoms with Crippen molar-refractivity contribution in [3.63, 3.8) is 0 Å². The van der Waals surface area contributed by atoms with Gasteiger partial charge in [-0.1, -0.05) is 0 Å². The first-order valence-electron chi connectivity index (χ1n) is 8.22. The number of methoxy groups -OCH3 is 1. The van der Waals surface area contributed by atoms with E-state index in [0.29, 0.717) is 0 Å². The van der Waals surface area contributed by atoms with E-state index in [4.69, 9.17) is 4.74 Å². The largest absolute Gasteiger partial charge is 0.497 e. The number of fused-ring (bicyclic) bond motifs is 5. The summed E-state index contributed by atoms with van der Waals surface area (Å²) in [7, 11) is 1.67. The van der Waals surface area contributed by atoms with E-state index in [0.717, 1.165) is 54.7 Å². The summed E-state index contributed by atoms with van der Waals surface area (Å²) >= 11 is 0. The van der Waals surface area contributed by atoms with Gasteiger partial charge < -0.3 is 14.8 Å². The molecule has 0 spiro atoms. The van der Waals surface area contributed by atoms with Crippen LogP contribution in [0.3, 0.4) is 0 Å². The van der Waals surface area contributed by atoms with Gasteiger partial charge in [0, 0.05) is 23.1 Å². The van der Waals surface area contributed by atoms with Crippen LogP contribution in [0.1, 0.15) is 31.0 Å². The summed E-state index contributed by atoms with van der Waals surface area (Å²) in [5.74, 6) is -0.225. The summed E-state index contributed by atoms with van der Waals surface area (Å²) in [6.45, 7) is 3.98. The molecule has 23 heavy (non-hydrogen) atoms. The van der Waals surface area contributed by atoms with E-state index in [-0.39, 0.29) is 5.92 Å². The summed E-state index contributed by atoms with van der Waals surface area (Å²) < 4.78 is 5.36. The van der Waals surface area contributed by atoms with Gasteiger partial charge in [0.25, 0.3) is 0 Å². The summed E-state index contributed by atoms with van der Waals surface area (Å²) in [4.78, 5) is 17.8. The Morgan fingerprint density at radius 2 is 2.26 bits per heavy atom. The van der Waals surface area contributed by atoms with E-state index in [1.165, 1.54) is 5.56 Å². The van der Waals surface area contributed by atoms with Crippen molar-refractivity contribution in [1.29, 1.82) is 0 Å². The maximum Gasteiger partial charge on any atom is 0.308 e. The van der Waals surface area contributed by atoms with Gasteiger partial charge in [0.05, 0.1) is 18.6 Å². The number of nitrogens with one attached hydrogen (secondary N) is 1. The summed E-state index contributed by atoms with van der Waals surface area (Å²) in [6, 6.07) is 6.03. The molecule has 0 bridgehead atoms. The van der Waals surface area contributed by atoms with E-state index >= 15 is 0 Å². The van der Waals surface area contributed by atoms with Crippen LogP contribution in [0.15, 0.2) is 18.2 Å². The first kappa shape index (κ1) is 14.6. The van der Waals surface area contributed by atoms with E-state index < -0.39 is 11.5 Å². The van der Waals surface area contributed by atoms with Crippen molar-refractivity contribution >= 4 is 16.9 Å². The predicted molar refractivity (Wildman–Crippen MR) is 87.8 cm³/mol. The van der Waals surface area contributed by atoms with Crippen LogP contribution in [0.2, 0.25) is 0 Å². The molecule has 5 heteroatoms. The molecule has 0 amide bonds. The number of carboxylic acid groups (broad SMARTS) is 1. The second-order valence-corrected chi connectivity index (χ2v) is 6.81. The second kappa shape index (κ2) is 4.99. The molecule has 2 aliphatic rings. The molecular weight excluding hydrogens is 292 g/mol. The number of aromatic amines is 1. The molecule has 1 fully saturated rings. The van der Waals surface area contributed by atoms with Crippen LogP contribution in [-0.4, -0.2) is 41.2 Å². The number of carboxylic acids is 1. The van der Waals surface area contributed by atoms with Crippen LogP contribution in [0.4, 0.5) is 0 Å². The van der Waals surface area contributed by atoms with Crippen LogP contribution >= 0.6 is 0 Å². The Balaban J connectivity index is 1.94. The van der Waals surface area contributed by atoms with Crippen molar-refractivity contribution in [2.24, 2.45) is 5.92 Å². The number of H-pyrrole nitrogens is 1. The van der Waals surface area contributed by atoms with Gasteiger partial charge in [0.15, 0.2) is 0 Å². The molecule has 2 N–H and O–H groups in total. The summed E-state index contributed by atoms with van der Waals surface area (Å²) in [5, 5.41) is 10.9. The monoisotopic (exact) mass is 314 g/mol. The molecule has 1 saturated heterocycles. The predicted octanol–water partition coefficient (Wildman–Crippen LogP) is 2.74. The molecule has 122 valence electrons. The van der Waals surface area contributed by atoms with Crippen molar-refractivity contribution in [3.05, 3.63) is 29.5 Å². The minimum Gasteiger partial charge on any atom is -0.497 e. The van der Waals surface area contributed by atoms with Crippen LogP contribution in [0.5, 0.6) is 5.75 Å². The van der Waals surface area contributed by atoms with Gasteiger partial charge in [-0.25, -0.2) is 0 Å². The number of carbonyl (C=O) groups is 1. The molecule has 2 aliphatic heterocycles. The Labute approximate surface area is 135 Å². The number of hydrogen-bond acceptors (Lipinski definition) is 3. The zero-order valence-corrected chi connectivity index (χ0v) is 13.6. The number of aromatic nitrogens is 1. The quantitative estimate of drug-likeness (QED) is 0.894. The highest BCUT2D eigenvalue weighted by Crippen LogP contribution is 2.47. The van der Waals surface area contributed by atoms with Crippen molar-refractivity contribution in [1.82, 2.24) is 9.88 Å². The third-order valence-corrected chi connectivity index (χ3v) is 5.81. The number of benzene rings is 1. The van der Waals surface area contributed by atoms with E-state index in [1.807, 2.05) is 12.1 Å². The first-order valence-corrected chi connectivity index (χ1v) is 8.22. The van der Waals surface area contributed by atoms with Crippen LogP contribution in [0.25, 0.3) is 10.9 Å². The minimum atomic E-state index is -0.693. The fourth-order valence-corrected chi connectivity index (χ4v) is 4.55. The van der Waals surface area contributed by atoms with Crippen LogP contribution < -0.4 is 4.74 Å². The molecule has 0 aliphatic carbocycles. The summed E-state index contributed by atoms with van der Waals surface area (Å²) in [6.07, 6.45) is 2.64. The average Bonchev–Trinajstić information content (AvgIpc) is 2.92. The number of ether oxygens (including phenoxy) is 1. The second-order valence-electron chi connectivity index (χ2n) is 6.81. The van der Waals surface area contributed by atoms with Crippen molar-refractivity contribution < 1.29 is 14.6 Å². The van der Waals surface area contributed by atoms with Crippen LogP contribution in [-0.2, 0) is 16.8 Å². The third-order valence-electron chi connectivity index (χ3n) is 5.81. The Bertz CT molecular complexity index is 782. The van der Waals surface area contributed by atoms with E-state index in [9.17, 15) is 9.90 Å². The van der Waals surface area contributed by atoms with Gasteiger partial charge in [-0.3, -0.25) is 9.69 Å².